The average Bonchev–Trinajstić information content (AvgIpc) is 2.31. The Balaban J connectivity index is 2.58. The van der Waals surface area contributed by atoms with Gasteiger partial charge in [-0.1, -0.05) is 32.0 Å². The highest BCUT2D eigenvalue weighted by Gasteiger charge is 2.18. The van der Waals surface area contributed by atoms with Gasteiger partial charge in [-0.2, -0.15) is 0 Å². The molecule has 1 rings (SSSR count). The van der Waals surface area contributed by atoms with Crippen molar-refractivity contribution in [3.63, 3.8) is 0 Å². The quantitative estimate of drug-likeness (QED) is 0.871. The molecule has 1 N–H and O–H groups in total. The lowest BCUT2D eigenvalue weighted by atomic mass is 10.1. The maximum Gasteiger partial charge on any atom is 0.260 e. The number of aryl methyl sites for hydroxylation is 1. The van der Waals surface area contributed by atoms with Crippen molar-refractivity contribution in [2.24, 2.45) is 5.92 Å². The number of amides is 1. The summed E-state index contributed by atoms with van der Waals surface area (Å²) in [5.41, 5.74) is 1.04. The molecule has 0 saturated heterocycles. The number of rotatable bonds is 5. The van der Waals surface area contributed by atoms with Gasteiger partial charge in [0.2, 0.25) is 0 Å². The van der Waals surface area contributed by atoms with Crippen molar-refractivity contribution in [2.45, 2.75) is 46.8 Å². The summed E-state index contributed by atoms with van der Waals surface area (Å²) in [6.45, 7) is 9.91. The largest absolute Gasteiger partial charge is 0.481 e. The normalized spacial score (nSPS) is 14.1. The number of hydrogen-bond donors (Lipinski definition) is 1. The predicted octanol–water partition coefficient (Wildman–Crippen LogP) is 2.92. The molecule has 1 amide bonds. The van der Waals surface area contributed by atoms with Crippen molar-refractivity contribution >= 4 is 5.91 Å². The smallest absolute Gasteiger partial charge is 0.260 e. The van der Waals surface area contributed by atoms with Gasteiger partial charge in [0.15, 0.2) is 6.10 Å². The van der Waals surface area contributed by atoms with Gasteiger partial charge in [0.1, 0.15) is 5.75 Å². The molecule has 100 valence electrons. The van der Waals surface area contributed by atoms with E-state index >= 15 is 0 Å². The summed E-state index contributed by atoms with van der Waals surface area (Å²) < 4.78 is 5.68. The lowest BCUT2D eigenvalue weighted by molar-refractivity contribution is -0.128. The van der Waals surface area contributed by atoms with Crippen molar-refractivity contribution in [2.75, 3.05) is 0 Å². The number of ether oxygens (including phenoxy) is 1. The summed E-state index contributed by atoms with van der Waals surface area (Å²) in [6, 6.07) is 7.86. The van der Waals surface area contributed by atoms with E-state index in [0.29, 0.717) is 5.92 Å². The minimum absolute atomic E-state index is 0.0700. The van der Waals surface area contributed by atoms with Crippen LogP contribution in [0, 0.1) is 12.8 Å². The van der Waals surface area contributed by atoms with Crippen LogP contribution < -0.4 is 10.1 Å². The Bertz CT molecular complexity index is 401. The molecule has 0 aromatic heterocycles. The van der Waals surface area contributed by atoms with Crippen LogP contribution in [0.3, 0.4) is 0 Å². The second-order valence-electron chi connectivity index (χ2n) is 5.07. The van der Waals surface area contributed by atoms with Crippen LogP contribution in [0.1, 0.15) is 33.3 Å². The lowest BCUT2D eigenvalue weighted by Gasteiger charge is -2.21. The minimum Gasteiger partial charge on any atom is -0.481 e. The standard InChI is InChI=1S/C15H23NO2/c1-10(2)12(4)16-15(17)13(5)18-14-9-7-6-8-11(14)3/h6-10,12-13H,1-5H3,(H,16,17)/t12-,13-/m1/s1. The van der Waals surface area contributed by atoms with Crippen LogP contribution in [0.25, 0.3) is 0 Å². The first-order valence-electron chi connectivity index (χ1n) is 6.44. The molecule has 3 nitrogen and oxygen atoms in total. The summed E-state index contributed by atoms with van der Waals surface area (Å²) in [5, 5.41) is 2.95. The Morgan fingerprint density at radius 3 is 2.33 bits per heavy atom. The number of benzene rings is 1. The molecular weight excluding hydrogens is 226 g/mol. The summed E-state index contributed by atoms with van der Waals surface area (Å²) >= 11 is 0. The average molecular weight is 249 g/mol. The van der Waals surface area contributed by atoms with Crippen LogP contribution in [-0.4, -0.2) is 18.1 Å². The molecule has 0 spiro atoms. The zero-order valence-electron chi connectivity index (χ0n) is 11.9. The molecule has 0 saturated carbocycles. The maximum atomic E-state index is 11.9. The van der Waals surface area contributed by atoms with Crippen LogP contribution in [0.5, 0.6) is 5.75 Å². The topological polar surface area (TPSA) is 38.3 Å². The van der Waals surface area contributed by atoms with Crippen molar-refractivity contribution in [1.29, 1.82) is 0 Å². The fourth-order valence-corrected chi connectivity index (χ4v) is 1.44. The van der Waals surface area contributed by atoms with Gasteiger partial charge in [-0.3, -0.25) is 4.79 Å². The maximum absolute atomic E-state index is 11.9. The minimum atomic E-state index is -0.479. The van der Waals surface area contributed by atoms with Crippen LogP contribution in [0.15, 0.2) is 24.3 Å². The van der Waals surface area contributed by atoms with E-state index in [1.807, 2.05) is 38.1 Å². The fraction of sp³-hybridized carbons (Fsp3) is 0.533. The third-order valence-corrected chi connectivity index (χ3v) is 3.14. The van der Waals surface area contributed by atoms with E-state index in [4.69, 9.17) is 4.74 Å². The Kier molecular flexibility index (Phi) is 5.20. The third kappa shape index (κ3) is 4.06. The van der Waals surface area contributed by atoms with Gasteiger partial charge in [0, 0.05) is 6.04 Å². The van der Waals surface area contributed by atoms with E-state index in [2.05, 4.69) is 19.2 Å². The van der Waals surface area contributed by atoms with E-state index in [-0.39, 0.29) is 11.9 Å². The van der Waals surface area contributed by atoms with Gasteiger partial charge in [-0.15, -0.1) is 0 Å². The van der Waals surface area contributed by atoms with E-state index in [0.717, 1.165) is 11.3 Å². The van der Waals surface area contributed by atoms with Crippen LogP contribution >= 0.6 is 0 Å². The van der Waals surface area contributed by atoms with Crippen molar-refractivity contribution in [1.82, 2.24) is 5.32 Å². The van der Waals surface area contributed by atoms with Gasteiger partial charge in [-0.25, -0.2) is 0 Å². The molecule has 2 atom stereocenters. The highest BCUT2D eigenvalue weighted by molar-refractivity contribution is 5.81. The second-order valence-corrected chi connectivity index (χ2v) is 5.07. The van der Waals surface area contributed by atoms with Crippen LogP contribution in [0.2, 0.25) is 0 Å². The number of carbonyl (C=O) groups excluding carboxylic acids is 1. The first kappa shape index (κ1) is 14.6. The SMILES string of the molecule is Cc1ccccc1O[C@H](C)C(=O)N[C@H](C)C(C)C. The zero-order valence-corrected chi connectivity index (χ0v) is 11.9. The fourth-order valence-electron chi connectivity index (χ4n) is 1.44. The molecule has 3 heteroatoms. The van der Waals surface area contributed by atoms with Gasteiger partial charge < -0.3 is 10.1 Å². The molecule has 0 aliphatic carbocycles. The molecule has 0 aliphatic heterocycles. The van der Waals surface area contributed by atoms with Crippen molar-refractivity contribution < 1.29 is 9.53 Å². The zero-order chi connectivity index (χ0) is 13.7. The Morgan fingerprint density at radius 1 is 1.17 bits per heavy atom. The Morgan fingerprint density at radius 2 is 1.78 bits per heavy atom. The van der Waals surface area contributed by atoms with Gasteiger partial charge in [-0.05, 0) is 38.3 Å². The van der Waals surface area contributed by atoms with Crippen molar-refractivity contribution in [3.05, 3.63) is 29.8 Å². The highest BCUT2D eigenvalue weighted by Crippen LogP contribution is 2.17. The van der Waals surface area contributed by atoms with Crippen LogP contribution in [-0.2, 0) is 4.79 Å². The van der Waals surface area contributed by atoms with Gasteiger partial charge in [0.05, 0.1) is 0 Å². The third-order valence-electron chi connectivity index (χ3n) is 3.14. The molecule has 18 heavy (non-hydrogen) atoms. The number of carbonyl (C=O) groups is 1. The van der Waals surface area contributed by atoms with E-state index in [9.17, 15) is 4.79 Å². The summed E-state index contributed by atoms with van der Waals surface area (Å²) in [5.74, 6) is 1.11. The van der Waals surface area contributed by atoms with Gasteiger partial charge >= 0.3 is 0 Å². The number of para-hydroxylation sites is 1. The summed E-state index contributed by atoms with van der Waals surface area (Å²) in [4.78, 5) is 11.9. The van der Waals surface area contributed by atoms with Gasteiger partial charge in [0.25, 0.3) is 5.91 Å². The second kappa shape index (κ2) is 6.43. The van der Waals surface area contributed by atoms with E-state index in [1.165, 1.54) is 0 Å². The predicted molar refractivity (Wildman–Crippen MR) is 73.7 cm³/mol. The molecule has 0 unspecified atom stereocenters. The lowest BCUT2D eigenvalue weighted by Crippen LogP contribution is -2.43. The van der Waals surface area contributed by atoms with E-state index in [1.54, 1.807) is 6.92 Å². The summed E-state index contributed by atoms with van der Waals surface area (Å²) in [7, 11) is 0. The molecular formula is C15H23NO2. The molecule has 0 radical (unpaired) electrons. The first-order chi connectivity index (χ1) is 8.41. The van der Waals surface area contributed by atoms with Crippen LogP contribution in [0.4, 0.5) is 0 Å². The summed E-state index contributed by atoms with van der Waals surface area (Å²) in [6.07, 6.45) is -0.479. The molecule has 1 aromatic carbocycles. The Hall–Kier alpha value is -1.51. The first-order valence-corrected chi connectivity index (χ1v) is 6.44. The Labute approximate surface area is 110 Å². The number of hydrogen-bond acceptors (Lipinski definition) is 2. The number of nitrogens with one attached hydrogen (secondary N) is 1. The molecule has 0 heterocycles. The molecule has 0 bridgehead atoms. The molecule has 0 aliphatic rings. The van der Waals surface area contributed by atoms with E-state index < -0.39 is 6.10 Å². The highest BCUT2D eigenvalue weighted by atomic mass is 16.5. The van der Waals surface area contributed by atoms with Crippen molar-refractivity contribution in [3.8, 4) is 5.75 Å². The molecule has 0 fully saturated rings. The molecule has 1 aromatic rings. The monoisotopic (exact) mass is 249 g/mol.